The predicted molar refractivity (Wildman–Crippen MR) is 124 cm³/mol. The molecule has 4 amide bonds. The number of para-hydroxylation sites is 1. The number of methoxy groups -OCH3 is 1. The number of urea groups is 1. The van der Waals surface area contributed by atoms with Crippen LogP contribution in [-0.4, -0.2) is 59.9 Å². The molecule has 2 aromatic carbocycles. The molecule has 3 aromatic rings. The van der Waals surface area contributed by atoms with Gasteiger partial charge in [-0.25, -0.2) is 4.79 Å². The molecule has 1 N–H and O–H groups in total. The zero-order valence-electron chi connectivity index (χ0n) is 18.9. The van der Waals surface area contributed by atoms with Gasteiger partial charge in [0.05, 0.1) is 12.8 Å². The highest BCUT2D eigenvalue weighted by molar-refractivity contribution is 6.09. The maximum Gasteiger partial charge on any atom is 0.327 e. The minimum Gasteiger partial charge on any atom is -0.497 e. The Morgan fingerprint density at radius 3 is 2.73 bits per heavy atom. The summed E-state index contributed by atoms with van der Waals surface area (Å²) in [5.41, 5.74) is 2.22. The summed E-state index contributed by atoms with van der Waals surface area (Å²) < 4.78 is 5.35. The van der Waals surface area contributed by atoms with Crippen LogP contribution in [0.3, 0.4) is 0 Å². The molecule has 0 aliphatic carbocycles. The van der Waals surface area contributed by atoms with Crippen molar-refractivity contribution in [1.29, 1.82) is 0 Å². The molecule has 5 rings (SSSR count). The smallest absolute Gasteiger partial charge is 0.327 e. The molecular weight excluding hydrogens is 420 g/mol. The first-order valence-corrected chi connectivity index (χ1v) is 11.0. The van der Waals surface area contributed by atoms with Gasteiger partial charge in [-0.05, 0) is 24.1 Å². The van der Waals surface area contributed by atoms with E-state index in [1.807, 2.05) is 30.5 Å². The molecule has 1 unspecified atom stereocenters. The number of H-pyrrole nitrogens is 1. The maximum absolute atomic E-state index is 13.8. The van der Waals surface area contributed by atoms with Gasteiger partial charge >= 0.3 is 6.03 Å². The summed E-state index contributed by atoms with van der Waals surface area (Å²) >= 11 is 0. The highest BCUT2D eigenvalue weighted by Gasteiger charge is 2.59. The number of aromatic nitrogens is 1. The maximum atomic E-state index is 13.8. The van der Waals surface area contributed by atoms with E-state index in [4.69, 9.17) is 4.74 Å². The molecule has 3 heterocycles. The lowest BCUT2D eigenvalue weighted by Crippen LogP contribution is -2.52. The van der Waals surface area contributed by atoms with Crippen LogP contribution in [0.25, 0.3) is 10.9 Å². The highest BCUT2D eigenvalue weighted by atomic mass is 16.5. The van der Waals surface area contributed by atoms with E-state index in [0.29, 0.717) is 36.4 Å². The van der Waals surface area contributed by atoms with Gasteiger partial charge in [0.2, 0.25) is 5.91 Å². The fourth-order valence-corrected chi connectivity index (χ4v) is 5.20. The number of amides is 4. The number of carbonyl (C=O) groups is 3. The number of hydrogen-bond donors (Lipinski definition) is 1. The fourth-order valence-electron chi connectivity index (χ4n) is 5.20. The van der Waals surface area contributed by atoms with Crippen molar-refractivity contribution in [2.24, 2.45) is 0 Å². The van der Waals surface area contributed by atoms with Gasteiger partial charge < -0.3 is 19.5 Å². The SMILES string of the molecule is COc1ccc2c(c1)N(C(C)=O)CCC21C(=O)N(CCc2c[nH]c3ccccc23)C(=O)N1C. The lowest BCUT2D eigenvalue weighted by atomic mass is 9.80. The van der Waals surface area contributed by atoms with Crippen molar-refractivity contribution in [1.82, 2.24) is 14.8 Å². The number of carbonyl (C=O) groups excluding carboxylic acids is 3. The van der Waals surface area contributed by atoms with Crippen molar-refractivity contribution in [3.05, 3.63) is 59.8 Å². The molecule has 8 nitrogen and oxygen atoms in total. The summed E-state index contributed by atoms with van der Waals surface area (Å²) in [6, 6.07) is 13.0. The van der Waals surface area contributed by atoms with Crippen molar-refractivity contribution in [3.63, 3.8) is 0 Å². The Bertz CT molecular complexity index is 1280. The second-order valence-corrected chi connectivity index (χ2v) is 8.57. The third kappa shape index (κ3) is 3.01. The standard InChI is InChI=1S/C25H26N4O4/c1-16(30)28-13-11-25(20-9-8-18(33-3)14-22(20)28)23(31)29(24(32)27(25)2)12-10-17-15-26-21-7-5-4-6-19(17)21/h4-9,14-15,26H,10-13H2,1-3H3. The molecule has 0 bridgehead atoms. The van der Waals surface area contributed by atoms with Crippen LogP contribution in [0, 0.1) is 0 Å². The van der Waals surface area contributed by atoms with Gasteiger partial charge in [0.25, 0.3) is 5.91 Å². The summed E-state index contributed by atoms with van der Waals surface area (Å²) in [5, 5.41) is 1.09. The molecular formula is C25H26N4O4. The van der Waals surface area contributed by atoms with E-state index in [9.17, 15) is 14.4 Å². The largest absolute Gasteiger partial charge is 0.497 e. The quantitative estimate of drug-likeness (QED) is 0.624. The summed E-state index contributed by atoms with van der Waals surface area (Å²) in [7, 11) is 3.23. The first-order chi connectivity index (χ1) is 15.9. The molecule has 2 aliphatic heterocycles. The van der Waals surface area contributed by atoms with Gasteiger partial charge in [0.1, 0.15) is 5.75 Å². The Morgan fingerprint density at radius 1 is 1.18 bits per heavy atom. The van der Waals surface area contributed by atoms with Gasteiger partial charge in [-0.15, -0.1) is 0 Å². The van der Waals surface area contributed by atoms with Crippen LogP contribution < -0.4 is 9.64 Å². The molecule has 1 atom stereocenters. The number of benzene rings is 2. The Kier molecular flexibility index (Phi) is 4.88. The van der Waals surface area contributed by atoms with Crippen LogP contribution in [-0.2, 0) is 21.5 Å². The van der Waals surface area contributed by atoms with Crippen LogP contribution in [0.2, 0.25) is 0 Å². The summed E-state index contributed by atoms with van der Waals surface area (Å²) in [6.07, 6.45) is 2.83. The van der Waals surface area contributed by atoms with E-state index >= 15 is 0 Å². The van der Waals surface area contributed by atoms with Crippen molar-refractivity contribution in [2.75, 3.05) is 32.1 Å². The number of hydrogen-bond acceptors (Lipinski definition) is 4. The minimum absolute atomic E-state index is 0.116. The monoisotopic (exact) mass is 446 g/mol. The zero-order valence-corrected chi connectivity index (χ0v) is 18.9. The van der Waals surface area contributed by atoms with Gasteiger partial charge in [-0.1, -0.05) is 24.3 Å². The molecule has 170 valence electrons. The van der Waals surface area contributed by atoms with Crippen molar-refractivity contribution in [3.8, 4) is 5.75 Å². The Balaban J connectivity index is 1.50. The van der Waals surface area contributed by atoms with Crippen molar-refractivity contribution < 1.29 is 19.1 Å². The fraction of sp³-hybridized carbons (Fsp3) is 0.320. The van der Waals surface area contributed by atoms with E-state index in [1.165, 1.54) is 16.7 Å². The van der Waals surface area contributed by atoms with E-state index < -0.39 is 5.54 Å². The van der Waals surface area contributed by atoms with Crippen LogP contribution >= 0.6 is 0 Å². The van der Waals surface area contributed by atoms with Crippen LogP contribution in [0.15, 0.2) is 48.7 Å². The molecule has 2 aliphatic rings. The average Bonchev–Trinajstić information content (AvgIpc) is 3.31. The molecule has 1 saturated heterocycles. The molecule has 1 fully saturated rings. The Morgan fingerprint density at radius 2 is 1.97 bits per heavy atom. The molecule has 1 aromatic heterocycles. The first-order valence-electron chi connectivity index (χ1n) is 11.0. The number of nitrogens with zero attached hydrogens (tertiary/aromatic N) is 3. The number of likely N-dealkylation sites (N-methyl/N-ethyl adjacent to an activating group) is 1. The lowest BCUT2D eigenvalue weighted by molar-refractivity contribution is -0.134. The number of nitrogens with one attached hydrogen (secondary N) is 1. The first kappa shape index (κ1) is 21.1. The van der Waals surface area contributed by atoms with E-state index in [0.717, 1.165) is 16.5 Å². The predicted octanol–water partition coefficient (Wildman–Crippen LogP) is 3.27. The molecule has 0 saturated carbocycles. The third-order valence-electron chi connectivity index (χ3n) is 6.99. The number of aromatic amines is 1. The second kappa shape index (κ2) is 7.65. The Hall–Kier alpha value is -3.81. The third-order valence-corrected chi connectivity index (χ3v) is 6.99. The summed E-state index contributed by atoms with van der Waals surface area (Å²) in [6.45, 7) is 2.13. The van der Waals surface area contributed by atoms with Gasteiger partial charge in [0.15, 0.2) is 5.54 Å². The van der Waals surface area contributed by atoms with Crippen LogP contribution in [0.5, 0.6) is 5.75 Å². The second-order valence-electron chi connectivity index (χ2n) is 8.57. The zero-order chi connectivity index (χ0) is 23.3. The van der Waals surface area contributed by atoms with Crippen LogP contribution in [0.4, 0.5) is 10.5 Å². The van der Waals surface area contributed by atoms with Crippen molar-refractivity contribution >= 4 is 34.4 Å². The highest BCUT2D eigenvalue weighted by Crippen LogP contribution is 2.47. The number of anilines is 1. The topological polar surface area (TPSA) is 86.0 Å². The average molecular weight is 447 g/mol. The van der Waals surface area contributed by atoms with Crippen molar-refractivity contribution in [2.45, 2.75) is 25.3 Å². The van der Waals surface area contributed by atoms with E-state index in [1.54, 1.807) is 37.3 Å². The number of rotatable bonds is 4. The summed E-state index contributed by atoms with van der Waals surface area (Å²) in [5.74, 6) is 0.229. The van der Waals surface area contributed by atoms with Gasteiger partial charge in [-0.3, -0.25) is 14.5 Å². The lowest BCUT2D eigenvalue weighted by Gasteiger charge is -2.42. The van der Waals surface area contributed by atoms with E-state index in [2.05, 4.69) is 4.98 Å². The van der Waals surface area contributed by atoms with Gasteiger partial charge in [-0.2, -0.15) is 0 Å². The molecule has 0 radical (unpaired) electrons. The normalized spacial score (nSPS) is 20.2. The molecule has 1 spiro atoms. The van der Waals surface area contributed by atoms with Gasteiger partial charge in [0, 0.05) is 62.2 Å². The van der Waals surface area contributed by atoms with E-state index in [-0.39, 0.29) is 24.4 Å². The number of imide groups is 1. The molecule has 33 heavy (non-hydrogen) atoms. The molecule has 8 heteroatoms. The van der Waals surface area contributed by atoms with Crippen LogP contribution in [0.1, 0.15) is 24.5 Å². The minimum atomic E-state index is -1.13. The number of ether oxygens (including phenoxy) is 1. The Labute approximate surface area is 191 Å². The summed E-state index contributed by atoms with van der Waals surface area (Å²) in [4.78, 5) is 47.2. The number of fused-ring (bicyclic) bond motifs is 3.